The molecule has 29 heavy (non-hydrogen) atoms. The number of rotatable bonds is 7. The van der Waals surface area contributed by atoms with Crippen LogP contribution in [-0.2, 0) is 16.1 Å². The fourth-order valence-corrected chi connectivity index (χ4v) is 4.67. The average Bonchev–Trinajstić information content (AvgIpc) is 3.44. The van der Waals surface area contributed by atoms with Crippen molar-refractivity contribution in [2.24, 2.45) is 5.92 Å². The predicted octanol–water partition coefficient (Wildman–Crippen LogP) is 1.51. The zero-order valence-electron chi connectivity index (χ0n) is 17.1. The van der Waals surface area contributed by atoms with E-state index in [4.69, 9.17) is 0 Å². The molecule has 158 valence electrons. The lowest BCUT2D eigenvalue weighted by Gasteiger charge is -2.33. The molecular formula is C22H31FN4O2. The monoisotopic (exact) mass is 402 g/mol. The van der Waals surface area contributed by atoms with Crippen molar-refractivity contribution in [3.8, 4) is 0 Å². The first-order valence-corrected chi connectivity index (χ1v) is 10.8. The topological polar surface area (TPSA) is 64.7 Å². The second-order valence-corrected chi connectivity index (χ2v) is 8.75. The second kappa shape index (κ2) is 8.79. The van der Waals surface area contributed by atoms with Crippen molar-refractivity contribution in [2.45, 2.75) is 56.8 Å². The molecule has 2 aliphatic heterocycles. The third-order valence-electron chi connectivity index (χ3n) is 6.65. The number of nitrogens with zero attached hydrogens (tertiary/aromatic N) is 2. The highest BCUT2D eigenvalue weighted by molar-refractivity contribution is 5.83. The van der Waals surface area contributed by atoms with Gasteiger partial charge in [0.2, 0.25) is 11.8 Å². The summed E-state index contributed by atoms with van der Waals surface area (Å²) in [4.78, 5) is 29.7. The zero-order chi connectivity index (χ0) is 20.4. The number of likely N-dealkylation sites (N-methyl/N-ethyl adjacent to an activating group) is 1. The van der Waals surface area contributed by atoms with Gasteiger partial charge in [0.1, 0.15) is 11.9 Å². The van der Waals surface area contributed by atoms with Crippen molar-refractivity contribution in [1.29, 1.82) is 0 Å². The van der Waals surface area contributed by atoms with Gasteiger partial charge >= 0.3 is 0 Å². The Balaban J connectivity index is 1.28. The number of likely N-dealkylation sites (tertiary alicyclic amines) is 1. The molecule has 3 atom stereocenters. The Morgan fingerprint density at radius 1 is 1.24 bits per heavy atom. The van der Waals surface area contributed by atoms with E-state index in [9.17, 15) is 14.0 Å². The largest absolute Gasteiger partial charge is 0.353 e. The summed E-state index contributed by atoms with van der Waals surface area (Å²) in [6, 6.07) is 6.48. The van der Waals surface area contributed by atoms with Gasteiger partial charge in [-0.1, -0.05) is 12.1 Å². The van der Waals surface area contributed by atoms with Gasteiger partial charge in [-0.3, -0.25) is 19.4 Å². The first kappa shape index (κ1) is 20.3. The van der Waals surface area contributed by atoms with Crippen LogP contribution in [0.15, 0.2) is 24.3 Å². The summed E-state index contributed by atoms with van der Waals surface area (Å²) in [5.41, 5.74) is 0.878. The second-order valence-electron chi connectivity index (χ2n) is 8.75. The zero-order valence-corrected chi connectivity index (χ0v) is 17.1. The summed E-state index contributed by atoms with van der Waals surface area (Å²) in [6.07, 6.45) is 4.71. The van der Waals surface area contributed by atoms with E-state index in [1.165, 1.54) is 25.0 Å². The van der Waals surface area contributed by atoms with E-state index < -0.39 is 0 Å². The fraction of sp³-hybridized carbons (Fsp3) is 0.636. The van der Waals surface area contributed by atoms with Gasteiger partial charge in [-0.05, 0) is 56.3 Å². The van der Waals surface area contributed by atoms with E-state index in [1.807, 2.05) is 0 Å². The van der Waals surface area contributed by atoms with Gasteiger partial charge in [0.05, 0.1) is 0 Å². The van der Waals surface area contributed by atoms with Crippen LogP contribution in [0.25, 0.3) is 0 Å². The van der Waals surface area contributed by atoms with Crippen LogP contribution in [0.5, 0.6) is 0 Å². The molecule has 3 fully saturated rings. The summed E-state index contributed by atoms with van der Waals surface area (Å²) in [6.45, 7) is 3.01. The summed E-state index contributed by atoms with van der Waals surface area (Å²) in [5.74, 6) is 0.620. The highest BCUT2D eigenvalue weighted by atomic mass is 19.1. The lowest BCUT2D eigenvalue weighted by atomic mass is 10.0. The van der Waals surface area contributed by atoms with Gasteiger partial charge in [-0.15, -0.1) is 0 Å². The third-order valence-corrected chi connectivity index (χ3v) is 6.65. The Morgan fingerprint density at radius 3 is 2.72 bits per heavy atom. The quantitative estimate of drug-likeness (QED) is 0.726. The van der Waals surface area contributed by atoms with E-state index in [0.717, 1.165) is 31.0 Å². The molecule has 1 saturated carbocycles. The average molecular weight is 403 g/mol. The van der Waals surface area contributed by atoms with Crippen LogP contribution in [0.1, 0.15) is 37.7 Å². The van der Waals surface area contributed by atoms with Crippen LogP contribution in [-0.4, -0.2) is 66.4 Å². The van der Waals surface area contributed by atoms with Crippen LogP contribution >= 0.6 is 0 Å². The number of benzene rings is 1. The van der Waals surface area contributed by atoms with Gasteiger partial charge in [0.25, 0.3) is 0 Å². The molecule has 0 radical (unpaired) electrons. The lowest BCUT2D eigenvalue weighted by molar-refractivity contribution is -0.126. The van der Waals surface area contributed by atoms with E-state index in [1.54, 1.807) is 12.1 Å². The number of halogens is 1. The normalized spacial score (nSPS) is 27.9. The van der Waals surface area contributed by atoms with Crippen molar-refractivity contribution in [2.75, 3.05) is 26.7 Å². The van der Waals surface area contributed by atoms with Crippen molar-refractivity contribution < 1.29 is 14.0 Å². The molecule has 7 heteroatoms. The van der Waals surface area contributed by atoms with Gasteiger partial charge in [-0.2, -0.15) is 0 Å². The number of nitrogens with one attached hydrogen (secondary N) is 2. The van der Waals surface area contributed by atoms with Crippen molar-refractivity contribution in [3.63, 3.8) is 0 Å². The Labute approximate surface area is 171 Å². The minimum absolute atomic E-state index is 0.0170. The molecule has 2 amide bonds. The molecule has 6 nitrogen and oxygen atoms in total. The number of hydrogen-bond donors (Lipinski definition) is 2. The van der Waals surface area contributed by atoms with E-state index in [0.29, 0.717) is 25.9 Å². The molecular weight excluding hydrogens is 371 g/mol. The van der Waals surface area contributed by atoms with Gasteiger partial charge in [0, 0.05) is 44.7 Å². The van der Waals surface area contributed by atoms with E-state index in [-0.39, 0.29) is 35.8 Å². The smallest absolute Gasteiger partial charge is 0.239 e. The predicted molar refractivity (Wildman–Crippen MR) is 109 cm³/mol. The summed E-state index contributed by atoms with van der Waals surface area (Å²) >= 11 is 0. The van der Waals surface area contributed by atoms with Crippen LogP contribution < -0.4 is 10.6 Å². The van der Waals surface area contributed by atoms with Gasteiger partial charge < -0.3 is 10.6 Å². The maximum Gasteiger partial charge on any atom is 0.239 e. The molecule has 1 aromatic rings. The number of carbonyl (C=O) groups excluding carboxylic acids is 2. The number of fused-ring (bicyclic) bond motifs is 1. The molecule has 3 aliphatic rings. The first-order valence-electron chi connectivity index (χ1n) is 10.8. The summed E-state index contributed by atoms with van der Waals surface area (Å²) < 4.78 is 13.0. The molecule has 3 unspecified atom stereocenters. The molecule has 4 rings (SSSR count). The molecule has 0 spiro atoms. The maximum absolute atomic E-state index is 13.0. The first-order chi connectivity index (χ1) is 14.0. The fourth-order valence-electron chi connectivity index (χ4n) is 4.67. The van der Waals surface area contributed by atoms with Crippen LogP contribution in [0, 0.1) is 11.7 Å². The third kappa shape index (κ3) is 4.95. The summed E-state index contributed by atoms with van der Waals surface area (Å²) in [5, 5.41) is 6.02. The molecule has 1 aromatic carbocycles. The van der Waals surface area contributed by atoms with Crippen LogP contribution in [0.4, 0.5) is 4.39 Å². The molecule has 2 saturated heterocycles. The molecule has 1 aliphatic carbocycles. The van der Waals surface area contributed by atoms with Crippen molar-refractivity contribution in [1.82, 2.24) is 20.4 Å². The number of hydrogen-bond acceptors (Lipinski definition) is 4. The Morgan fingerprint density at radius 2 is 2.00 bits per heavy atom. The number of carbonyl (C=O) groups is 2. The minimum Gasteiger partial charge on any atom is -0.353 e. The molecule has 0 aromatic heterocycles. The Hall–Kier alpha value is -1.99. The van der Waals surface area contributed by atoms with Crippen molar-refractivity contribution in [3.05, 3.63) is 35.6 Å². The van der Waals surface area contributed by atoms with E-state index in [2.05, 4.69) is 27.5 Å². The minimum atomic E-state index is -0.278. The molecule has 0 bridgehead atoms. The van der Waals surface area contributed by atoms with Crippen molar-refractivity contribution >= 4 is 11.8 Å². The Bertz CT molecular complexity index is 737. The standard InChI is InChI=1S/C22H31FN4O2/c1-26-18(8-9-20(28)24-12-15-4-6-17(23)7-5-15)13-25-22(29)21-19(26)10-11-27(21)14-16-2-3-16/h4-7,16,18-19,21H,2-3,8-14H2,1H3,(H,24,28)(H,25,29). The van der Waals surface area contributed by atoms with Gasteiger partial charge in [0.15, 0.2) is 0 Å². The maximum atomic E-state index is 13.0. The van der Waals surface area contributed by atoms with Crippen LogP contribution in [0.3, 0.4) is 0 Å². The van der Waals surface area contributed by atoms with Crippen LogP contribution in [0.2, 0.25) is 0 Å². The SMILES string of the molecule is CN1C(CCC(=O)NCc2ccc(F)cc2)CNC(=O)C2C1CCN2CC1CC1. The molecule has 2 heterocycles. The Kier molecular flexibility index (Phi) is 6.15. The van der Waals surface area contributed by atoms with Gasteiger partial charge in [-0.25, -0.2) is 4.39 Å². The summed E-state index contributed by atoms with van der Waals surface area (Å²) in [7, 11) is 2.10. The van der Waals surface area contributed by atoms with E-state index >= 15 is 0 Å². The number of amides is 2. The lowest BCUT2D eigenvalue weighted by Crippen LogP contribution is -2.50. The highest BCUT2D eigenvalue weighted by Gasteiger charge is 2.46. The highest BCUT2D eigenvalue weighted by Crippen LogP contribution is 2.34. The molecule has 2 N–H and O–H groups in total.